The minimum Gasteiger partial charge on any atom is -0.340 e. The van der Waals surface area contributed by atoms with Crippen LogP contribution in [0.5, 0.6) is 0 Å². The molecule has 1 amide bonds. The lowest BCUT2D eigenvalue weighted by Crippen LogP contribution is -2.54. The molecule has 0 radical (unpaired) electrons. The monoisotopic (exact) mass is 267 g/mol. The zero-order valence-corrected chi connectivity index (χ0v) is 12.7. The predicted molar refractivity (Wildman–Crippen MR) is 78.1 cm³/mol. The molecule has 1 N–H and O–H groups in total. The Morgan fingerprint density at radius 1 is 1.26 bits per heavy atom. The molecule has 2 aliphatic rings. The van der Waals surface area contributed by atoms with Gasteiger partial charge in [-0.05, 0) is 44.8 Å². The first-order chi connectivity index (χ1) is 9.11. The molecule has 2 unspecified atom stereocenters. The van der Waals surface area contributed by atoms with E-state index in [1.54, 1.807) is 0 Å². The average molecular weight is 267 g/mol. The third kappa shape index (κ3) is 3.48. The number of carbonyl (C=O) groups is 1. The highest BCUT2D eigenvalue weighted by molar-refractivity contribution is 5.82. The van der Waals surface area contributed by atoms with E-state index >= 15 is 0 Å². The fourth-order valence-corrected chi connectivity index (χ4v) is 3.42. The Hall–Kier alpha value is -0.610. The number of piperidine rings is 1. The van der Waals surface area contributed by atoms with Crippen molar-refractivity contribution < 1.29 is 4.79 Å². The number of rotatable bonds is 4. The average Bonchev–Trinajstić information content (AvgIpc) is 2.92. The molecule has 19 heavy (non-hydrogen) atoms. The van der Waals surface area contributed by atoms with Crippen LogP contribution in [0.25, 0.3) is 0 Å². The topological polar surface area (TPSA) is 35.6 Å². The summed E-state index contributed by atoms with van der Waals surface area (Å²) in [5.41, 5.74) is 0. The molecule has 2 atom stereocenters. The molecule has 0 aromatic rings. The van der Waals surface area contributed by atoms with Crippen molar-refractivity contribution in [2.45, 2.75) is 51.6 Å². The highest BCUT2D eigenvalue weighted by Gasteiger charge is 2.34. The van der Waals surface area contributed by atoms with E-state index in [1.165, 1.54) is 19.3 Å². The number of nitrogens with one attached hydrogen (secondary N) is 1. The van der Waals surface area contributed by atoms with Gasteiger partial charge in [-0.25, -0.2) is 0 Å². The lowest BCUT2D eigenvalue weighted by atomic mass is 9.97. The Morgan fingerprint density at radius 3 is 2.47 bits per heavy atom. The van der Waals surface area contributed by atoms with E-state index in [9.17, 15) is 4.79 Å². The molecule has 0 spiro atoms. The van der Waals surface area contributed by atoms with Gasteiger partial charge in [-0.3, -0.25) is 9.69 Å². The molecule has 2 saturated heterocycles. The van der Waals surface area contributed by atoms with E-state index in [-0.39, 0.29) is 6.04 Å². The van der Waals surface area contributed by atoms with Gasteiger partial charge in [0.2, 0.25) is 5.91 Å². The largest absolute Gasteiger partial charge is 0.340 e. The van der Waals surface area contributed by atoms with Crippen molar-refractivity contribution in [3.63, 3.8) is 0 Å². The number of likely N-dealkylation sites (N-methyl/N-ethyl adjacent to an activating group) is 1. The van der Waals surface area contributed by atoms with Crippen LogP contribution in [0.1, 0.15) is 39.5 Å². The number of hydrogen-bond acceptors (Lipinski definition) is 3. The molecule has 2 rings (SSSR count). The number of hydrogen-bond donors (Lipinski definition) is 1. The third-order valence-electron chi connectivity index (χ3n) is 4.60. The predicted octanol–water partition coefficient (Wildman–Crippen LogP) is 1.32. The summed E-state index contributed by atoms with van der Waals surface area (Å²) in [6.07, 6.45) is 4.89. The fourth-order valence-electron chi connectivity index (χ4n) is 3.42. The Labute approximate surface area is 117 Å². The maximum atomic E-state index is 12.8. The van der Waals surface area contributed by atoms with E-state index in [2.05, 4.69) is 24.1 Å². The summed E-state index contributed by atoms with van der Waals surface area (Å²) in [5.74, 6) is 0.716. The van der Waals surface area contributed by atoms with E-state index in [0.29, 0.717) is 17.9 Å². The van der Waals surface area contributed by atoms with Gasteiger partial charge in [-0.15, -0.1) is 0 Å². The van der Waals surface area contributed by atoms with Crippen molar-refractivity contribution in [2.24, 2.45) is 5.92 Å². The minimum absolute atomic E-state index is 0.0749. The second kappa shape index (κ2) is 6.71. The van der Waals surface area contributed by atoms with Crippen molar-refractivity contribution in [3.8, 4) is 0 Å². The summed E-state index contributed by atoms with van der Waals surface area (Å²) in [6.45, 7) is 8.53. The lowest BCUT2D eigenvalue weighted by Gasteiger charge is -2.39. The SMILES string of the molecule is CC(C)C(C(=O)N(C)C1CCNC1)N1CCCCC1. The summed E-state index contributed by atoms with van der Waals surface area (Å²) in [6, 6.07) is 0.462. The molecule has 0 bridgehead atoms. The Bertz CT molecular complexity index is 294. The van der Waals surface area contributed by atoms with E-state index < -0.39 is 0 Å². The van der Waals surface area contributed by atoms with Crippen LogP contribution in [0.15, 0.2) is 0 Å². The Balaban J connectivity index is 2.02. The van der Waals surface area contributed by atoms with Gasteiger partial charge in [0, 0.05) is 19.6 Å². The van der Waals surface area contributed by atoms with Crippen LogP contribution in [-0.4, -0.2) is 61.0 Å². The Morgan fingerprint density at radius 2 is 1.95 bits per heavy atom. The molecule has 2 aliphatic heterocycles. The van der Waals surface area contributed by atoms with Crippen molar-refractivity contribution in [3.05, 3.63) is 0 Å². The molecular formula is C15H29N3O. The van der Waals surface area contributed by atoms with Gasteiger partial charge >= 0.3 is 0 Å². The quantitative estimate of drug-likeness (QED) is 0.834. The van der Waals surface area contributed by atoms with E-state index in [4.69, 9.17) is 0 Å². The van der Waals surface area contributed by atoms with Crippen molar-refractivity contribution in [1.82, 2.24) is 15.1 Å². The Kier molecular flexibility index (Phi) is 5.22. The van der Waals surface area contributed by atoms with Crippen molar-refractivity contribution >= 4 is 5.91 Å². The number of carbonyl (C=O) groups excluding carboxylic acids is 1. The standard InChI is InChI=1S/C15H29N3O/c1-12(2)14(18-9-5-4-6-10-18)15(19)17(3)13-7-8-16-11-13/h12-14,16H,4-11H2,1-3H3. The van der Waals surface area contributed by atoms with E-state index in [1.807, 2.05) is 11.9 Å². The first-order valence-corrected chi connectivity index (χ1v) is 7.82. The first-order valence-electron chi connectivity index (χ1n) is 7.82. The summed E-state index contributed by atoms with van der Waals surface area (Å²) < 4.78 is 0. The normalized spacial score (nSPS) is 26.6. The van der Waals surface area contributed by atoms with Crippen LogP contribution >= 0.6 is 0 Å². The fraction of sp³-hybridized carbons (Fsp3) is 0.933. The molecule has 4 nitrogen and oxygen atoms in total. The smallest absolute Gasteiger partial charge is 0.240 e. The molecule has 2 fully saturated rings. The van der Waals surface area contributed by atoms with Gasteiger partial charge in [0.25, 0.3) is 0 Å². The molecule has 2 heterocycles. The maximum Gasteiger partial charge on any atom is 0.240 e. The van der Waals surface area contributed by atoms with Crippen molar-refractivity contribution in [2.75, 3.05) is 33.2 Å². The second-order valence-corrected chi connectivity index (χ2v) is 6.38. The molecule has 110 valence electrons. The highest BCUT2D eigenvalue weighted by atomic mass is 16.2. The van der Waals surface area contributed by atoms with Gasteiger partial charge in [0.15, 0.2) is 0 Å². The summed E-state index contributed by atoms with van der Waals surface area (Å²) in [7, 11) is 1.99. The van der Waals surface area contributed by atoms with Gasteiger partial charge in [-0.2, -0.15) is 0 Å². The lowest BCUT2D eigenvalue weighted by molar-refractivity contribution is -0.139. The second-order valence-electron chi connectivity index (χ2n) is 6.38. The molecule has 0 aliphatic carbocycles. The third-order valence-corrected chi connectivity index (χ3v) is 4.60. The summed E-state index contributed by atoms with van der Waals surface area (Å²) in [4.78, 5) is 17.2. The van der Waals surface area contributed by atoms with Crippen LogP contribution < -0.4 is 5.32 Å². The molecule has 0 saturated carbocycles. The van der Waals surface area contributed by atoms with Crippen LogP contribution in [0.2, 0.25) is 0 Å². The summed E-state index contributed by atoms with van der Waals surface area (Å²) in [5, 5.41) is 3.35. The van der Waals surface area contributed by atoms with Crippen LogP contribution in [0.4, 0.5) is 0 Å². The highest BCUT2D eigenvalue weighted by Crippen LogP contribution is 2.20. The molecular weight excluding hydrogens is 238 g/mol. The van der Waals surface area contributed by atoms with Gasteiger partial charge in [0.05, 0.1) is 6.04 Å². The van der Waals surface area contributed by atoms with Gasteiger partial charge in [-0.1, -0.05) is 20.3 Å². The van der Waals surface area contributed by atoms with Gasteiger partial charge < -0.3 is 10.2 Å². The van der Waals surface area contributed by atoms with Crippen LogP contribution in [0, 0.1) is 5.92 Å². The molecule has 0 aromatic heterocycles. The summed E-state index contributed by atoms with van der Waals surface area (Å²) >= 11 is 0. The van der Waals surface area contributed by atoms with Gasteiger partial charge in [0.1, 0.15) is 0 Å². The number of amides is 1. The molecule has 4 heteroatoms. The zero-order chi connectivity index (χ0) is 13.8. The zero-order valence-electron chi connectivity index (χ0n) is 12.7. The van der Waals surface area contributed by atoms with Crippen LogP contribution in [-0.2, 0) is 4.79 Å². The van der Waals surface area contributed by atoms with Crippen molar-refractivity contribution in [1.29, 1.82) is 0 Å². The maximum absolute atomic E-state index is 12.8. The molecule has 0 aromatic carbocycles. The van der Waals surface area contributed by atoms with Crippen LogP contribution in [0.3, 0.4) is 0 Å². The minimum atomic E-state index is 0.0749. The number of likely N-dealkylation sites (tertiary alicyclic amines) is 1. The first kappa shape index (κ1) is 14.8. The van der Waals surface area contributed by atoms with E-state index in [0.717, 1.165) is 32.6 Å². The number of nitrogens with zero attached hydrogens (tertiary/aromatic N) is 2.